The number of aromatic nitrogens is 1. The number of carbonyl (C=O) groups excluding carboxylic acids is 1. The molecular weight excluding hydrogens is 408 g/mol. The van der Waals surface area contributed by atoms with Crippen LogP contribution in [-0.4, -0.2) is 20.7 Å². The third-order valence-electron chi connectivity index (χ3n) is 4.25. The summed E-state index contributed by atoms with van der Waals surface area (Å²) in [7, 11) is 0. The van der Waals surface area contributed by atoms with Gasteiger partial charge in [-0.2, -0.15) is 0 Å². The monoisotopic (exact) mass is 420 g/mol. The molecule has 1 heterocycles. The first-order chi connectivity index (χ1) is 14.4. The molecule has 0 aliphatic heterocycles. The second kappa shape index (κ2) is 7.68. The van der Waals surface area contributed by atoms with Crippen molar-refractivity contribution in [2.75, 3.05) is 5.32 Å². The minimum Gasteiger partial charge on any atom is -0.322 e. The van der Waals surface area contributed by atoms with E-state index in [-0.39, 0.29) is 5.56 Å². The Labute approximate surface area is 172 Å². The molecule has 0 saturated carbocycles. The fraction of sp³-hybridized carbons (Fsp3) is 0. The second-order valence-electron chi connectivity index (χ2n) is 6.27. The number of carbonyl (C=O) groups is 1. The van der Waals surface area contributed by atoms with Crippen LogP contribution in [0.1, 0.15) is 10.4 Å². The number of hydrogen-bond acceptors (Lipinski definition) is 7. The summed E-state index contributed by atoms with van der Waals surface area (Å²) in [6.45, 7) is 0. The minimum atomic E-state index is -0.780. The van der Waals surface area contributed by atoms with Crippen molar-refractivity contribution in [2.24, 2.45) is 0 Å². The maximum absolute atomic E-state index is 12.6. The van der Waals surface area contributed by atoms with E-state index < -0.39 is 27.1 Å². The molecule has 1 amide bonds. The summed E-state index contributed by atoms with van der Waals surface area (Å²) in [5.41, 5.74) is 0.859. The number of thiazole rings is 1. The average molecular weight is 420 g/mol. The molecule has 0 fully saturated rings. The highest BCUT2D eigenvalue weighted by molar-refractivity contribution is 7.21. The van der Waals surface area contributed by atoms with Gasteiger partial charge in [0.2, 0.25) is 0 Å². The Balaban J connectivity index is 1.63. The Bertz CT molecular complexity index is 1250. The van der Waals surface area contributed by atoms with Crippen LogP contribution in [0.25, 0.3) is 20.8 Å². The Kier molecular flexibility index (Phi) is 4.90. The lowest BCUT2D eigenvalue weighted by Gasteiger charge is -2.07. The molecule has 0 bridgehead atoms. The molecule has 0 atom stereocenters. The molecule has 4 rings (SSSR count). The number of para-hydroxylation sites is 1. The zero-order valence-corrected chi connectivity index (χ0v) is 16.0. The number of nitrogens with one attached hydrogen (secondary N) is 1. The van der Waals surface area contributed by atoms with Gasteiger partial charge in [-0.05, 0) is 24.3 Å². The van der Waals surface area contributed by atoms with Gasteiger partial charge in [-0.25, -0.2) is 4.98 Å². The first-order valence-electron chi connectivity index (χ1n) is 8.62. The minimum absolute atomic E-state index is 0.179. The molecule has 148 valence electrons. The number of nitrogens with zero attached hydrogens (tertiary/aromatic N) is 3. The number of rotatable bonds is 5. The summed E-state index contributed by atoms with van der Waals surface area (Å²) in [5.74, 6) is -0.691. The molecule has 10 heteroatoms. The zero-order chi connectivity index (χ0) is 21.3. The van der Waals surface area contributed by atoms with Gasteiger partial charge < -0.3 is 5.32 Å². The van der Waals surface area contributed by atoms with Crippen molar-refractivity contribution in [1.29, 1.82) is 0 Å². The van der Waals surface area contributed by atoms with Gasteiger partial charge in [0.15, 0.2) is 0 Å². The Morgan fingerprint density at radius 3 is 2.27 bits per heavy atom. The number of amides is 1. The highest BCUT2D eigenvalue weighted by Crippen LogP contribution is 2.31. The van der Waals surface area contributed by atoms with Crippen molar-refractivity contribution in [3.8, 4) is 10.6 Å². The van der Waals surface area contributed by atoms with Gasteiger partial charge in [0, 0.05) is 23.4 Å². The molecule has 9 nitrogen and oxygen atoms in total. The number of anilines is 1. The lowest BCUT2D eigenvalue weighted by atomic mass is 10.1. The van der Waals surface area contributed by atoms with Gasteiger partial charge in [0.05, 0.1) is 31.7 Å². The van der Waals surface area contributed by atoms with Gasteiger partial charge in [-0.3, -0.25) is 25.0 Å². The molecule has 0 unspecified atom stereocenters. The second-order valence-corrected chi connectivity index (χ2v) is 7.30. The largest absolute Gasteiger partial charge is 0.322 e. The van der Waals surface area contributed by atoms with E-state index in [1.807, 2.05) is 30.3 Å². The summed E-state index contributed by atoms with van der Waals surface area (Å²) in [5, 5.41) is 25.5. The summed E-state index contributed by atoms with van der Waals surface area (Å²) >= 11 is 1.51. The number of nitro benzene ring substituents is 2. The van der Waals surface area contributed by atoms with Crippen LogP contribution in [0.4, 0.5) is 17.1 Å². The Morgan fingerprint density at radius 2 is 1.60 bits per heavy atom. The van der Waals surface area contributed by atoms with Crippen LogP contribution in [0.15, 0.2) is 66.7 Å². The van der Waals surface area contributed by atoms with E-state index in [9.17, 15) is 25.0 Å². The Morgan fingerprint density at radius 1 is 0.900 bits per heavy atom. The number of benzene rings is 3. The highest BCUT2D eigenvalue weighted by Gasteiger charge is 2.20. The van der Waals surface area contributed by atoms with Gasteiger partial charge in [0.25, 0.3) is 17.3 Å². The maximum atomic E-state index is 12.6. The standard InChI is InChI=1S/C20H12N4O5S/c25-19(13-9-15(23(26)27)11-16(10-13)24(28)29)21-14-5-3-4-12(8-14)20-22-17-6-1-2-7-18(17)30-20/h1-11H,(H,21,25). The van der Waals surface area contributed by atoms with Crippen molar-refractivity contribution in [1.82, 2.24) is 4.98 Å². The molecule has 0 aliphatic carbocycles. The summed E-state index contributed by atoms with van der Waals surface area (Å²) in [4.78, 5) is 37.7. The summed E-state index contributed by atoms with van der Waals surface area (Å²) < 4.78 is 1.03. The lowest BCUT2D eigenvalue weighted by molar-refractivity contribution is -0.394. The Hall–Kier alpha value is -4.18. The third kappa shape index (κ3) is 3.84. The molecule has 3 aromatic carbocycles. The van der Waals surface area contributed by atoms with Crippen LogP contribution in [0.3, 0.4) is 0 Å². The quantitative estimate of drug-likeness (QED) is 0.356. The smallest absolute Gasteiger partial charge is 0.277 e. The van der Waals surface area contributed by atoms with Crippen LogP contribution in [-0.2, 0) is 0 Å². The van der Waals surface area contributed by atoms with Gasteiger partial charge in [0.1, 0.15) is 5.01 Å². The van der Waals surface area contributed by atoms with Gasteiger partial charge in [-0.1, -0.05) is 24.3 Å². The zero-order valence-electron chi connectivity index (χ0n) is 15.1. The maximum Gasteiger partial charge on any atom is 0.277 e. The van der Waals surface area contributed by atoms with Crippen LogP contribution in [0.5, 0.6) is 0 Å². The van der Waals surface area contributed by atoms with Crippen molar-refractivity contribution in [3.05, 3.63) is 92.5 Å². The van der Waals surface area contributed by atoms with Crippen LogP contribution in [0.2, 0.25) is 0 Å². The lowest BCUT2D eigenvalue weighted by Crippen LogP contribution is -2.12. The number of nitro groups is 2. The normalized spacial score (nSPS) is 10.7. The third-order valence-corrected chi connectivity index (χ3v) is 5.33. The number of fused-ring (bicyclic) bond motifs is 1. The molecule has 0 radical (unpaired) electrons. The van der Waals surface area contributed by atoms with Crippen LogP contribution in [0, 0.1) is 20.2 Å². The topological polar surface area (TPSA) is 128 Å². The summed E-state index contributed by atoms with van der Waals surface area (Å²) in [6, 6.07) is 17.5. The van der Waals surface area contributed by atoms with Crippen LogP contribution >= 0.6 is 11.3 Å². The van der Waals surface area contributed by atoms with Crippen LogP contribution < -0.4 is 5.32 Å². The molecule has 30 heavy (non-hydrogen) atoms. The molecule has 1 aromatic heterocycles. The van der Waals surface area contributed by atoms with E-state index >= 15 is 0 Å². The molecular formula is C20H12N4O5S. The van der Waals surface area contributed by atoms with E-state index in [4.69, 9.17) is 0 Å². The number of hydrogen-bond donors (Lipinski definition) is 1. The predicted octanol–water partition coefficient (Wildman–Crippen LogP) is 5.03. The SMILES string of the molecule is O=C(Nc1cccc(-c2nc3ccccc3s2)c1)c1cc([N+](=O)[O-])cc([N+](=O)[O-])c1. The molecule has 0 aliphatic rings. The molecule has 4 aromatic rings. The van der Waals surface area contributed by atoms with Gasteiger partial charge in [-0.15, -0.1) is 11.3 Å². The molecule has 0 spiro atoms. The van der Waals surface area contributed by atoms with Gasteiger partial charge >= 0.3 is 0 Å². The van der Waals surface area contributed by atoms with E-state index in [0.29, 0.717) is 5.69 Å². The summed E-state index contributed by atoms with van der Waals surface area (Å²) in [6.07, 6.45) is 0. The van der Waals surface area contributed by atoms with Crippen molar-refractivity contribution >= 4 is 44.5 Å². The van der Waals surface area contributed by atoms with E-state index in [1.54, 1.807) is 18.2 Å². The van der Waals surface area contributed by atoms with Crippen molar-refractivity contribution < 1.29 is 14.6 Å². The molecule has 1 N–H and O–H groups in total. The average Bonchev–Trinajstić information content (AvgIpc) is 3.18. The van der Waals surface area contributed by atoms with Crippen molar-refractivity contribution in [2.45, 2.75) is 0 Å². The fourth-order valence-electron chi connectivity index (χ4n) is 2.87. The van der Waals surface area contributed by atoms with Crippen molar-refractivity contribution in [3.63, 3.8) is 0 Å². The number of non-ortho nitro benzene ring substituents is 2. The first kappa shape index (κ1) is 19.2. The highest BCUT2D eigenvalue weighted by atomic mass is 32.1. The van der Waals surface area contributed by atoms with E-state index in [2.05, 4.69) is 10.3 Å². The van der Waals surface area contributed by atoms with E-state index in [1.165, 1.54) is 11.3 Å². The van der Waals surface area contributed by atoms with E-state index in [0.717, 1.165) is 39.0 Å². The fourth-order valence-corrected chi connectivity index (χ4v) is 3.83. The first-order valence-corrected chi connectivity index (χ1v) is 9.43. The predicted molar refractivity (Wildman–Crippen MR) is 113 cm³/mol. The molecule has 0 saturated heterocycles.